The predicted octanol–water partition coefficient (Wildman–Crippen LogP) is 0.855. The van der Waals surface area contributed by atoms with E-state index in [9.17, 15) is 4.79 Å². The molecule has 4 nitrogen and oxygen atoms in total. The monoisotopic (exact) mass is 228 g/mol. The second kappa shape index (κ2) is 6.21. The van der Waals surface area contributed by atoms with Crippen molar-refractivity contribution in [3.63, 3.8) is 0 Å². The summed E-state index contributed by atoms with van der Waals surface area (Å²) in [6, 6.07) is -0.341. The minimum Gasteiger partial charge on any atom is -0.384 e. The van der Waals surface area contributed by atoms with Crippen molar-refractivity contribution >= 4 is 5.91 Å². The summed E-state index contributed by atoms with van der Waals surface area (Å²) in [7, 11) is 1.70. The van der Waals surface area contributed by atoms with Crippen molar-refractivity contribution < 1.29 is 9.53 Å². The smallest absolute Gasteiger partial charge is 0.239 e. The van der Waals surface area contributed by atoms with E-state index < -0.39 is 0 Å². The molecule has 3 atom stereocenters. The van der Waals surface area contributed by atoms with Gasteiger partial charge in [0.15, 0.2) is 0 Å². The maximum atomic E-state index is 12.1. The van der Waals surface area contributed by atoms with E-state index in [0.717, 1.165) is 32.5 Å². The summed E-state index contributed by atoms with van der Waals surface area (Å²) in [5, 5.41) is 0. The molecular formula is C12H24N2O2. The van der Waals surface area contributed by atoms with E-state index in [0.29, 0.717) is 5.92 Å². The lowest BCUT2D eigenvalue weighted by atomic mass is 9.99. The third kappa shape index (κ3) is 3.19. The number of rotatable bonds is 5. The van der Waals surface area contributed by atoms with Gasteiger partial charge in [-0.1, -0.05) is 20.3 Å². The van der Waals surface area contributed by atoms with Crippen LogP contribution in [-0.4, -0.2) is 43.7 Å². The molecule has 2 N–H and O–H groups in total. The highest BCUT2D eigenvalue weighted by Gasteiger charge is 2.30. The van der Waals surface area contributed by atoms with Crippen LogP contribution in [0.4, 0.5) is 0 Å². The zero-order valence-electron chi connectivity index (χ0n) is 10.6. The van der Waals surface area contributed by atoms with Gasteiger partial charge in [-0.25, -0.2) is 0 Å². The molecule has 16 heavy (non-hydrogen) atoms. The number of amides is 1. The Bertz CT molecular complexity index is 233. The van der Waals surface area contributed by atoms with Gasteiger partial charge < -0.3 is 15.4 Å². The first-order valence-corrected chi connectivity index (χ1v) is 6.13. The molecule has 94 valence electrons. The fourth-order valence-electron chi connectivity index (χ4n) is 2.11. The third-order valence-electron chi connectivity index (χ3n) is 3.54. The molecule has 0 aliphatic carbocycles. The van der Waals surface area contributed by atoms with Gasteiger partial charge in [0.25, 0.3) is 0 Å². The third-order valence-corrected chi connectivity index (χ3v) is 3.54. The lowest BCUT2D eigenvalue weighted by molar-refractivity contribution is -0.132. The van der Waals surface area contributed by atoms with Gasteiger partial charge >= 0.3 is 0 Å². The Hall–Kier alpha value is -0.610. The van der Waals surface area contributed by atoms with Crippen molar-refractivity contribution in [1.82, 2.24) is 4.90 Å². The number of carbonyl (C=O) groups is 1. The number of hydrogen-bond acceptors (Lipinski definition) is 3. The zero-order valence-corrected chi connectivity index (χ0v) is 10.6. The van der Waals surface area contributed by atoms with Crippen LogP contribution in [0.5, 0.6) is 0 Å². The van der Waals surface area contributed by atoms with Crippen molar-refractivity contribution in [3.8, 4) is 0 Å². The van der Waals surface area contributed by atoms with E-state index in [1.54, 1.807) is 7.11 Å². The summed E-state index contributed by atoms with van der Waals surface area (Å²) < 4.78 is 5.11. The molecule has 4 heteroatoms. The van der Waals surface area contributed by atoms with E-state index in [4.69, 9.17) is 10.5 Å². The van der Waals surface area contributed by atoms with Crippen molar-refractivity contribution in [2.24, 2.45) is 17.6 Å². The van der Waals surface area contributed by atoms with E-state index in [-0.39, 0.29) is 17.9 Å². The highest BCUT2D eigenvalue weighted by Crippen LogP contribution is 2.18. The molecule has 0 radical (unpaired) electrons. The minimum absolute atomic E-state index is 0.105. The van der Waals surface area contributed by atoms with Crippen LogP contribution in [0.25, 0.3) is 0 Å². The van der Waals surface area contributed by atoms with E-state index in [2.05, 4.69) is 6.92 Å². The summed E-state index contributed by atoms with van der Waals surface area (Å²) in [5.74, 6) is 0.847. The lowest BCUT2D eigenvalue weighted by Gasteiger charge is -2.24. The van der Waals surface area contributed by atoms with Crippen molar-refractivity contribution in [2.75, 3.05) is 26.8 Å². The molecule has 1 fully saturated rings. The molecule has 0 saturated carbocycles. The van der Waals surface area contributed by atoms with Gasteiger partial charge in [0.2, 0.25) is 5.91 Å². The molecule has 0 aromatic carbocycles. The van der Waals surface area contributed by atoms with Crippen molar-refractivity contribution in [1.29, 1.82) is 0 Å². The molecule has 1 aliphatic rings. The second-order valence-electron chi connectivity index (χ2n) is 4.81. The summed E-state index contributed by atoms with van der Waals surface area (Å²) in [6.07, 6.45) is 1.98. The highest BCUT2D eigenvalue weighted by molar-refractivity contribution is 5.82. The van der Waals surface area contributed by atoms with Gasteiger partial charge in [-0.3, -0.25) is 4.79 Å². The van der Waals surface area contributed by atoms with Gasteiger partial charge in [-0.2, -0.15) is 0 Å². The molecule has 1 amide bonds. The maximum absolute atomic E-state index is 12.1. The molecule has 0 aromatic heterocycles. The van der Waals surface area contributed by atoms with Crippen molar-refractivity contribution in [2.45, 2.75) is 32.7 Å². The molecule has 2 unspecified atom stereocenters. The number of ether oxygens (including phenoxy) is 1. The summed E-state index contributed by atoms with van der Waals surface area (Å²) in [4.78, 5) is 13.9. The molecule has 0 bridgehead atoms. The minimum atomic E-state index is -0.341. The highest BCUT2D eigenvalue weighted by atomic mass is 16.5. The Morgan fingerprint density at radius 1 is 1.62 bits per heavy atom. The summed E-state index contributed by atoms with van der Waals surface area (Å²) in [6.45, 7) is 6.47. The van der Waals surface area contributed by atoms with Crippen LogP contribution in [0, 0.1) is 11.8 Å². The fraction of sp³-hybridized carbons (Fsp3) is 0.917. The van der Waals surface area contributed by atoms with Crippen LogP contribution in [0.2, 0.25) is 0 Å². The number of nitrogens with zero attached hydrogens (tertiary/aromatic N) is 1. The van der Waals surface area contributed by atoms with Gasteiger partial charge in [0.1, 0.15) is 0 Å². The predicted molar refractivity (Wildman–Crippen MR) is 64.0 cm³/mol. The Morgan fingerprint density at radius 3 is 2.88 bits per heavy atom. The molecule has 1 rings (SSSR count). The first-order valence-electron chi connectivity index (χ1n) is 6.13. The molecular weight excluding hydrogens is 204 g/mol. The standard InChI is InChI=1S/C12H24N2O2/c1-4-9(2)11(13)12(15)14-6-5-10(7-14)8-16-3/h9-11H,4-8,13H2,1-3H3/t9?,10?,11-/m0/s1. The Labute approximate surface area is 98.1 Å². The van der Waals surface area contributed by atoms with Gasteiger partial charge in [0, 0.05) is 26.1 Å². The summed E-state index contributed by atoms with van der Waals surface area (Å²) in [5.41, 5.74) is 5.95. The average molecular weight is 228 g/mol. The van der Waals surface area contributed by atoms with E-state index >= 15 is 0 Å². The molecule has 1 heterocycles. The molecule has 0 aromatic rings. The Balaban J connectivity index is 2.44. The van der Waals surface area contributed by atoms with Crippen LogP contribution < -0.4 is 5.73 Å². The molecule has 1 aliphatic heterocycles. The van der Waals surface area contributed by atoms with E-state index in [1.807, 2.05) is 11.8 Å². The van der Waals surface area contributed by atoms with Crippen LogP contribution in [0.1, 0.15) is 26.7 Å². The average Bonchev–Trinajstić information content (AvgIpc) is 2.75. The van der Waals surface area contributed by atoms with Crippen LogP contribution in [0.3, 0.4) is 0 Å². The summed E-state index contributed by atoms with van der Waals surface area (Å²) >= 11 is 0. The Morgan fingerprint density at radius 2 is 2.31 bits per heavy atom. The normalized spacial score (nSPS) is 24.5. The number of methoxy groups -OCH3 is 1. The van der Waals surface area contributed by atoms with Crippen LogP contribution in [-0.2, 0) is 9.53 Å². The van der Waals surface area contributed by atoms with Crippen LogP contribution >= 0.6 is 0 Å². The Kier molecular flexibility index (Phi) is 5.22. The van der Waals surface area contributed by atoms with E-state index in [1.165, 1.54) is 0 Å². The molecule has 0 spiro atoms. The topological polar surface area (TPSA) is 55.6 Å². The number of nitrogens with two attached hydrogens (primary N) is 1. The van der Waals surface area contributed by atoms with Gasteiger partial charge in [0.05, 0.1) is 12.6 Å². The molecule has 1 saturated heterocycles. The SMILES string of the molecule is CCC(C)[C@H](N)C(=O)N1CCC(COC)C1. The first-order chi connectivity index (χ1) is 7.60. The fourth-order valence-corrected chi connectivity index (χ4v) is 2.11. The second-order valence-corrected chi connectivity index (χ2v) is 4.81. The first kappa shape index (κ1) is 13.5. The quantitative estimate of drug-likeness (QED) is 0.759. The van der Waals surface area contributed by atoms with Crippen molar-refractivity contribution in [3.05, 3.63) is 0 Å². The lowest BCUT2D eigenvalue weighted by Crippen LogP contribution is -2.46. The number of hydrogen-bond donors (Lipinski definition) is 1. The zero-order chi connectivity index (χ0) is 12.1. The van der Waals surface area contributed by atoms with Crippen LogP contribution in [0.15, 0.2) is 0 Å². The van der Waals surface area contributed by atoms with Gasteiger partial charge in [-0.05, 0) is 12.3 Å². The maximum Gasteiger partial charge on any atom is 0.239 e. The number of likely N-dealkylation sites (tertiary alicyclic amines) is 1. The largest absolute Gasteiger partial charge is 0.384 e. The number of carbonyl (C=O) groups excluding carboxylic acids is 1. The van der Waals surface area contributed by atoms with Gasteiger partial charge in [-0.15, -0.1) is 0 Å².